The first-order chi connectivity index (χ1) is 64.5. The molecule has 682 valence electrons. The van der Waals surface area contributed by atoms with Gasteiger partial charge in [-0.05, 0) is 217 Å². The molecule has 19 rings (SSSR count). The van der Waals surface area contributed by atoms with Crippen LogP contribution in [0.2, 0.25) is 0 Å². The Bertz CT molecular complexity index is 6910. The van der Waals surface area contributed by atoms with Gasteiger partial charge in [-0.3, -0.25) is 29.1 Å². The van der Waals surface area contributed by atoms with Gasteiger partial charge in [-0.2, -0.15) is 10.2 Å². The highest BCUT2D eigenvalue weighted by Gasteiger charge is 2.45. The maximum absolute atomic E-state index is 13.6. The van der Waals surface area contributed by atoms with Gasteiger partial charge in [0.1, 0.15) is 46.1 Å². The van der Waals surface area contributed by atoms with Crippen molar-refractivity contribution in [2.75, 3.05) is 82.9 Å². The number of rotatable bonds is 23. The van der Waals surface area contributed by atoms with Crippen LogP contribution < -0.4 is 41.2 Å². The molecule has 3 amide bonds. The number of carbonyl (C=O) groups is 5. The number of nitrogens with zero attached hydrogens (tertiary/aromatic N) is 9. The summed E-state index contributed by atoms with van der Waals surface area (Å²) in [7, 11) is 2.90. The summed E-state index contributed by atoms with van der Waals surface area (Å²) in [5.74, 6) is 1.26. The number of nitrogens with one attached hydrogen (secondary N) is 2. The van der Waals surface area contributed by atoms with E-state index in [4.69, 9.17) is 37.6 Å². The minimum absolute atomic E-state index is 0.0373. The molecule has 0 spiro atoms. The Morgan fingerprint density at radius 1 is 0.654 bits per heavy atom. The van der Waals surface area contributed by atoms with Crippen molar-refractivity contribution in [1.29, 1.82) is 0 Å². The number of ether oxygens (including phenoxy) is 5. The lowest BCUT2D eigenvalue weighted by Gasteiger charge is -2.41. The molecule has 2 unspecified atom stereocenters. The van der Waals surface area contributed by atoms with Gasteiger partial charge < -0.3 is 62.7 Å². The summed E-state index contributed by atoms with van der Waals surface area (Å²) < 4.78 is 42.3. The van der Waals surface area contributed by atoms with Crippen LogP contribution in [0.3, 0.4) is 0 Å². The summed E-state index contributed by atoms with van der Waals surface area (Å²) in [6.45, 7) is 16.2. The number of hydrogen-bond donors (Lipinski definition) is 4. The smallest absolute Gasteiger partial charge is 0.344 e. The van der Waals surface area contributed by atoms with Crippen LogP contribution in [-0.2, 0) is 30.3 Å². The number of hydrogen-bond acceptors (Lipinski definition) is 24. The van der Waals surface area contributed by atoms with Crippen LogP contribution in [0.1, 0.15) is 148 Å². The van der Waals surface area contributed by atoms with Gasteiger partial charge in [0.25, 0.3) is 11.5 Å². The van der Waals surface area contributed by atoms with Crippen molar-refractivity contribution < 1.29 is 66.7 Å². The minimum atomic E-state index is -1.27. The Hall–Kier alpha value is -14.7. The highest BCUT2D eigenvalue weighted by Crippen LogP contribution is 2.45. The van der Waals surface area contributed by atoms with E-state index in [0.717, 1.165) is 112 Å². The van der Waals surface area contributed by atoms with Gasteiger partial charge in [-0.15, -0.1) is 16.4 Å². The number of piperazine rings is 1. The number of aryl methyl sites for hydroxylation is 5. The molecule has 3 aliphatic heterocycles. The maximum Gasteiger partial charge on any atom is 0.344 e. The number of aromatic amines is 1. The Balaban J connectivity index is 0.000000129. The molecule has 1 aliphatic carbocycles. The molecule has 9 aromatic carbocycles. The van der Waals surface area contributed by atoms with E-state index in [1.54, 1.807) is 82.6 Å². The number of amides is 3. The first kappa shape index (κ1) is 91.7. The zero-order chi connectivity index (χ0) is 93.1. The fourth-order valence-corrected chi connectivity index (χ4v) is 19.0. The number of piperidine rings is 1. The van der Waals surface area contributed by atoms with E-state index >= 15 is 0 Å². The summed E-state index contributed by atoms with van der Waals surface area (Å²) >= 11 is 2.91. The lowest BCUT2D eigenvalue weighted by Crippen LogP contribution is -2.51. The van der Waals surface area contributed by atoms with E-state index in [1.807, 2.05) is 129 Å². The monoisotopic (exact) mass is 1830 g/mol. The molecule has 2 atom stereocenters. The summed E-state index contributed by atoms with van der Waals surface area (Å²) in [6, 6.07) is 65.6. The van der Waals surface area contributed by atoms with Crippen molar-refractivity contribution in [2.24, 2.45) is 5.41 Å². The third kappa shape index (κ3) is 20.2. The first-order valence-electron chi connectivity index (χ1n) is 44.3. The number of methoxy groups -OCH3 is 2. The van der Waals surface area contributed by atoms with E-state index in [9.17, 15) is 48.6 Å². The van der Waals surface area contributed by atoms with Gasteiger partial charge in [0.15, 0.2) is 11.5 Å². The number of benzene rings is 9. The standard InChI is InChI=1S/C27H18O8.C26H28N4O3S.C25H26N6OS.C25H29NO5/c1-33-25(30)15-12-10-14(11-13-15)20(21-23(28)16-6-2-4-8-18(16)34-26(21)31)22-24(29)17-7-3-5-9-19(17)35-27(22)32;1-4-21(25(31)29-15-13-28(14-16-29)18-9-11-19(33-3)12-10-18)30-26(32)23-20-7-5-6-8-22(20)34-24(23)17(2)27-30;1-15-11-17(3)20(12-16(15)2)21-13-22(31(30-21)19-7-5-4-6-8-19)26-23(32)14-33-25-27-24(28-29-25)18-9-10-18;1-2-29-24(28)25(13-6-10-19-8-4-3-5-9-19)14-7-15-26(17-25)23(27)20-11-12-21-22(16-20)31-18-30-21/h2-13,20,28-29H,1H3;5-12,21H,4,13-16H2,1-3H3;4-8,11-13,18H,9-10,14H2,1-3H3,(H,26,32)(H,27,28,29);3-5,8-9,11-12,16H,2,6-7,10,13-15,17-18H2,1H3. The van der Waals surface area contributed by atoms with Crippen LogP contribution in [-0.4, -0.2) is 157 Å². The van der Waals surface area contributed by atoms with E-state index in [1.165, 1.54) is 76.6 Å². The van der Waals surface area contributed by atoms with Crippen LogP contribution in [0, 0.1) is 33.1 Å². The molecule has 3 fully saturated rings. The number of likely N-dealkylation sites (tertiary alicyclic amines) is 1. The number of para-hydroxylation sites is 3. The average Bonchev–Trinajstić information content (AvgIpc) is 1.73. The molecule has 4 N–H and O–H groups in total. The molecular formula is C103H101N11O17S2. The van der Waals surface area contributed by atoms with Gasteiger partial charge in [0.2, 0.25) is 23.8 Å². The molecule has 133 heavy (non-hydrogen) atoms. The second-order valence-electron chi connectivity index (χ2n) is 33.2. The van der Waals surface area contributed by atoms with E-state index in [-0.39, 0.29) is 80.4 Å². The van der Waals surface area contributed by atoms with Gasteiger partial charge in [-0.1, -0.05) is 128 Å². The van der Waals surface area contributed by atoms with Gasteiger partial charge in [-0.25, -0.2) is 28.7 Å². The lowest BCUT2D eigenvalue weighted by molar-refractivity contribution is -0.159. The van der Waals surface area contributed by atoms with Gasteiger partial charge in [0, 0.05) is 78.2 Å². The van der Waals surface area contributed by atoms with Gasteiger partial charge in [0.05, 0.1) is 92.5 Å². The van der Waals surface area contributed by atoms with Crippen molar-refractivity contribution in [3.05, 3.63) is 311 Å². The highest BCUT2D eigenvalue weighted by atomic mass is 32.2. The molecular weight excluding hydrogens is 1730 g/mol. The van der Waals surface area contributed by atoms with Crippen LogP contribution >= 0.6 is 23.1 Å². The van der Waals surface area contributed by atoms with Crippen molar-refractivity contribution >= 4 is 106 Å². The topological polar surface area (TPSA) is 348 Å². The SMILES string of the molecule is CCC(C(=O)N1CCN(c2ccc(OC)cc2)CC1)n1nc(C)c2sc3ccccc3c2c1=O.CCOC(=O)C1(CCCc2ccccc2)CCCN(C(=O)c2ccc3c(c2)OCO3)C1.COC(=O)c1ccc(C(c2c(O)c3ccccc3oc2=O)c2c(O)c3ccccc3oc2=O)cc1.Cc1cc(C)c(-c2cc(NC(=O)CSc3n[nH]c(C4CC4)n3)n(-c3ccccc3)n2)cc1C. The summed E-state index contributed by atoms with van der Waals surface area (Å²) in [5, 5.41) is 44.7. The lowest BCUT2D eigenvalue weighted by atomic mass is 9.75. The second-order valence-corrected chi connectivity index (χ2v) is 35.2. The molecule has 0 radical (unpaired) electrons. The number of anilines is 2. The fourth-order valence-electron chi connectivity index (χ4n) is 17.3. The number of aromatic nitrogens is 7. The summed E-state index contributed by atoms with van der Waals surface area (Å²) in [4.78, 5) is 115. The predicted molar refractivity (Wildman–Crippen MR) is 511 cm³/mol. The van der Waals surface area contributed by atoms with Crippen molar-refractivity contribution in [2.45, 2.75) is 116 Å². The number of H-pyrrole nitrogens is 1. The molecule has 4 aliphatic rings. The molecule has 28 nitrogen and oxygen atoms in total. The Kier molecular flexibility index (Phi) is 28.1. The van der Waals surface area contributed by atoms with Crippen LogP contribution in [0.25, 0.3) is 59.1 Å². The number of thiophene rings is 1. The van der Waals surface area contributed by atoms with Crippen LogP contribution in [0.4, 0.5) is 11.5 Å². The third-order valence-corrected chi connectivity index (χ3v) is 26.6. The van der Waals surface area contributed by atoms with E-state index in [0.29, 0.717) is 90.5 Å². The fraction of sp³-hybridized carbons (Fsp3) is 0.282. The quantitative estimate of drug-likeness (QED) is 0.0262. The van der Waals surface area contributed by atoms with Crippen LogP contribution in [0.15, 0.2) is 247 Å². The molecule has 6 aromatic heterocycles. The maximum atomic E-state index is 13.6. The molecule has 15 aromatic rings. The highest BCUT2D eigenvalue weighted by molar-refractivity contribution is 7.99. The van der Waals surface area contributed by atoms with Crippen molar-refractivity contribution in [3.8, 4) is 45.7 Å². The molecule has 2 saturated heterocycles. The molecule has 0 bridgehead atoms. The van der Waals surface area contributed by atoms with Crippen LogP contribution in [0.5, 0.6) is 28.7 Å². The molecule has 30 heteroatoms. The largest absolute Gasteiger partial charge is 0.507 e. The van der Waals surface area contributed by atoms with E-state index in [2.05, 4.69) is 75.5 Å². The number of thioether (sulfide) groups is 1. The zero-order valence-corrected chi connectivity index (χ0v) is 76.5. The third-order valence-electron chi connectivity index (χ3n) is 24.5. The Labute approximate surface area is 774 Å². The van der Waals surface area contributed by atoms with Gasteiger partial charge >= 0.3 is 23.2 Å². The normalized spacial score (nSPS) is 14.8. The predicted octanol–water partition coefficient (Wildman–Crippen LogP) is 17.9. The van der Waals surface area contributed by atoms with Crippen molar-refractivity contribution in [3.63, 3.8) is 0 Å². The van der Waals surface area contributed by atoms with Crippen molar-refractivity contribution in [1.82, 2.24) is 44.5 Å². The summed E-state index contributed by atoms with van der Waals surface area (Å²) in [5.41, 5.74) is 7.83. The second kappa shape index (κ2) is 40.8. The van der Waals surface area contributed by atoms with E-state index < -0.39 is 46.1 Å². The molecule has 9 heterocycles. The Morgan fingerprint density at radius 3 is 1.94 bits per heavy atom. The minimum Gasteiger partial charge on any atom is -0.507 e. The number of aromatic hydroxyl groups is 2. The first-order valence-corrected chi connectivity index (χ1v) is 46.1. The zero-order valence-electron chi connectivity index (χ0n) is 74.9. The summed E-state index contributed by atoms with van der Waals surface area (Å²) in [6.07, 6.45) is 6.82. The number of carbonyl (C=O) groups excluding carboxylic acids is 5. The Morgan fingerprint density at radius 2 is 1.29 bits per heavy atom. The molecule has 1 saturated carbocycles. The number of esters is 2. The average molecular weight is 1830 g/mol. The number of fused-ring (bicyclic) bond motifs is 6.